The molecule has 230 valence electrons. The van der Waals surface area contributed by atoms with E-state index in [4.69, 9.17) is 20.8 Å². The van der Waals surface area contributed by atoms with E-state index in [-0.39, 0.29) is 53.0 Å². The summed E-state index contributed by atoms with van der Waals surface area (Å²) in [6, 6.07) is 1.46. The number of halogens is 4. The van der Waals surface area contributed by atoms with Gasteiger partial charge >= 0.3 is 11.9 Å². The van der Waals surface area contributed by atoms with E-state index in [1.54, 1.807) is 6.92 Å². The average Bonchev–Trinajstić information content (AvgIpc) is 3.57. The van der Waals surface area contributed by atoms with Gasteiger partial charge in [-0.2, -0.15) is 0 Å². The largest absolute Gasteiger partial charge is 0.481 e. The Morgan fingerprint density at radius 1 is 1.33 bits per heavy atom. The normalized spacial score (nSPS) is 23.7. The number of alkyl halides is 2. The van der Waals surface area contributed by atoms with Crippen molar-refractivity contribution >= 4 is 35.3 Å². The highest BCUT2D eigenvalue weighted by atomic mass is 35.5. The van der Waals surface area contributed by atoms with Crippen LogP contribution in [0.25, 0.3) is 0 Å². The maximum Gasteiger partial charge on any atom is 0.338 e. The molecule has 2 N–H and O–H groups in total. The predicted octanol–water partition coefficient (Wildman–Crippen LogP) is 3.18. The molecule has 2 aromatic rings. The molecule has 0 saturated carbocycles. The quantitative estimate of drug-likeness (QED) is 0.425. The number of carboxylic acids is 1. The fourth-order valence-electron chi connectivity index (χ4n) is 5.79. The van der Waals surface area contributed by atoms with Gasteiger partial charge in [-0.25, -0.2) is 22.9 Å². The Bertz CT molecular complexity index is 1560. The van der Waals surface area contributed by atoms with Crippen LogP contribution < -0.4 is 5.32 Å². The van der Waals surface area contributed by atoms with Crippen molar-refractivity contribution in [2.75, 3.05) is 33.3 Å². The maximum atomic E-state index is 15.4. The van der Waals surface area contributed by atoms with Crippen LogP contribution in [0.4, 0.5) is 13.2 Å². The van der Waals surface area contributed by atoms with Gasteiger partial charge in [-0.05, 0) is 32.9 Å². The number of hydrogen-bond acceptors (Lipinski definition) is 9. The number of nitrogens with zero attached hydrogens (tertiary/aromatic N) is 4. The number of ether oxygens (including phenoxy) is 1. The number of aliphatic imine (C=N–C) groups is 1. The Hall–Kier alpha value is -3.91. The first-order valence-corrected chi connectivity index (χ1v) is 13.7. The lowest BCUT2D eigenvalue weighted by molar-refractivity contribution is -0.150. The summed E-state index contributed by atoms with van der Waals surface area (Å²) in [5, 5.41) is 12.5. The number of likely N-dealkylation sites (tertiary alicyclic amines) is 2. The zero-order valence-corrected chi connectivity index (χ0v) is 24.4. The van der Waals surface area contributed by atoms with Crippen molar-refractivity contribution in [1.29, 1.82) is 0 Å². The molecule has 0 bridgehead atoms. The summed E-state index contributed by atoms with van der Waals surface area (Å²) in [6.07, 6.45) is 1.19. The number of rotatable bonds is 8. The smallest absolute Gasteiger partial charge is 0.338 e. The highest BCUT2D eigenvalue weighted by Gasteiger charge is 2.63. The molecule has 0 spiro atoms. The molecule has 43 heavy (non-hydrogen) atoms. The van der Waals surface area contributed by atoms with E-state index in [0.29, 0.717) is 5.76 Å². The molecule has 1 aromatic heterocycles. The highest BCUT2D eigenvalue weighted by molar-refractivity contribution is 6.31. The molecule has 0 radical (unpaired) electrons. The number of amides is 1. The van der Waals surface area contributed by atoms with E-state index in [1.165, 1.54) is 31.2 Å². The summed E-state index contributed by atoms with van der Waals surface area (Å²) in [4.78, 5) is 49.4. The van der Waals surface area contributed by atoms with E-state index in [0.717, 1.165) is 24.1 Å². The summed E-state index contributed by atoms with van der Waals surface area (Å²) in [6.45, 7) is 3.03. The number of esters is 1. The minimum Gasteiger partial charge on any atom is -0.481 e. The molecule has 11 nitrogen and oxygen atoms in total. The predicted molar refractivity (Wildman–Crippen MR) is 146 cm³/mol. The molecule has 1 amide bonds. The zero-order chi connectivity index (χ0) is 31.4. The Morgan fingerprint density at radius 2 is 2.05 bits per heavy atom. The van der Waals surface area contributed by atoms with Gasteiger partial charge in [0.1, 0.15) is 29.2 Å². The number of nitrogens with one attached hydrogen (secondary N) is 1. The van der Waals surface area contributed by atoms with Crippen molar-refractivity contribution < 1.29 is 41.8 Å². The van der Waals surface area contributed by atoms with E-state index >= 15 is 8.78 Å². The number of aromatic nitrogens is 1. The van der Waals surface area contributed by atoms with Crippen LogP contribution in [0.3, 0.4) is 0 Å². The minimum atomic E-state index is -3.43. The third-order valence-electron chi connectivity index (χ3n) is 7.99. The number of fused-ring (bicyclic) bond motifs is 1. The molecule has 3 aliphatic rings. The third kappa shape index (κ3) is 5.49. The monoisotopic (exact) mass is 623 g/mol. The molecule has 3 aliphatic heterocycles. The molecular formula is C28H29ClF3N5O6. The lowest BCUT2D eigenvalue weighted by Gasteiger charge is -2.32. The van der Waals surface area contributed by atoms with Gasteiger partial charge in [-0.1, -0.05) is 17.7 Å². The lowest BCUT2D eigenvalue weighted by Crippen LogP contribution is -2.45. The second-order valence-corrected chi connectivity index (χ2v) is 11.8. The van der Waals surface area contributed by atoms with Gasteiger partial charge in [0.15, 0.2) is 12.2 Å². The van der Waals surface area contributed by atoms with Gasteiger partial charge in [0.05, 0.1) is 24.6 Å². The van der Waals surface area contributed by atoms with Crippen LogP contribution in [0.5, 0.6) is 0 Å². The van der Waals surface area contributed by atoms with Gasteiger partial charge < -0.3 is 24.5 Å². The van der Waals surface area contributed by atoms with Gasteiger partial charge in [0, 0.05) is 42.0 Å². The van der Waals surface area contributed by atoms with E-state index < -0.39 is 59.5 Å². The van der Waals surface area contributed by atoms with Gasteiger partial charge in [0.25, 0.3) is 5.92 Å². The summed E-state index contributed by atoms with van der Waals surface area (Å²) < 4.78 is 55.1. The fourth-order valence-corrected chi connectivity index (χ4v) is 6.06. The number of amidine groups is 1. The standard InChI is InChI=1S/C28H29ClF3N5O6/c1-13-21(33-12-43-13)23-34-17(19(25(39)42-4)22(35-23)15-6-5-14(30)7-16(15)29)8-36-11-28(31,32)20-18(36)9-37(24(20)38)10-27(2,3)26(40)41/h5-7,12,18,20,22H,8-11H2,1-4H3,(H,34,35)(H,40,41). The van der Waals surface area contributed by atoms with Crippen molar-refractivity contribution in [2.24, 2.45) is 16.3 Å². The van der Waals surface area contributed by atoms with E-state index in [1.807, 2.05) is 0 Å². The summed E-state index contributed by atoms with van der Waals surface area (Å²) in [5.74, 6) is -8.05. The number of hydrogen-bond donors (Lipinski definition) is 2. The van der Waals surface area contributed by atoms with E-state index in [9.17, 15) is 23.9 Å². The molecule has 2 saturated heterocycles. The first-order valence-electron chi connectivity index (χ1n) is 13.3. The summed E-state index contributed by atoms with van der Waals surface area (Å²) >= 11 is 6.38. The summed E-state index contributed by atoms with van der Waals surface area (Å²) in [7, 11) is 1.15. The number of oxazole rings is 1. The van der Waals surface area contributed by atoms with Gasteiger partial charge in [-0.15, -0.1) is 0 Å². The van der Waals surface area contributed by atoms with Crippen molar-refractivity contribution in [3.05, 3.63) is 63.7 Å². The highest BCUT2D eigenvalue weighted by Crippen LogP contribution is 2.45. The van der Waals surface area contributed by atoms with Crippen LogP contribution in [0.15, 0.2) is 45.3 Å². The van der Waals surface area contributed by atoms with Crippen LogP contribution in [0, 0.1) is 24.1 Å². The van der Waals surface area contributed by atoms with Crippen molar-refractivity contribution in [3.63, 3.8) is 0 Å². The molecule has 3 atom stereocenters. The summed E-state index contributed by atoms with van der Waals surface area (Å²) in [5.41, 5.74) is -0.738. The van der Waals surface area contributed by atoms with Crippen molar-refractivity contribution in [1.82, 2.24) is 20.1 Å². The van der Waals surface area contributed by atoms with Crippen LogP contribution in [0.1, 0.15) is 36.9 Å². The fraction of sp³-hybridized carbons (Fsp3) is 0.464. The van der Waals surface area contributed by atoms with Gasteiger partial charge in [-0.3, -0.25) is 19.5 Å². The number of carboxylic acid groups (broad SMARTS) is 1. The number of benzene rings is 1. The SMILES string of the molecule is COC(=O)C1=C(CN2CC(F)(F)C3C(=O)N(CC(C)(C)C(=O)O)CC32)NC(c2ncoc2C)=NC1c1ccc(F)cc1Cl. The first-order chi connectivity index (χ1) is 20.1. The lowest BCUT2D eigenvalue weighted by atomic mass is 9.93. The third-order valence-corrected chi connectivity index (χ3v) is 8.32. The number of carbonyl (C=O) groups is 3. The Morgan fingerprint density at radius 3 is 2.65 bits per heavy atom. The number of methoxy groups -OCH3 is 1. The zero-order valence-electron chi connectivity index (χ0n) is 23.7. The maximum absolute atomic E-state index is 15.4. The van der Waals surface area contributed by atoms with Crippen molar-refractivity contribution in [2.45, 2.75) is 38.8 Å². The van der Waals surface area contributed by atoms with Crippen LogP contribution >= 0.6 is 11.6 Å². The second kappa shape index (κ2) is 11.0. The number of aliphatic carboxylic acids is 1. The van der Waals surface area contributed by atoms with Crippen LogP contribution in [0.2, 0.25) is 5.02 Å². The Labute approximate surface area is 249 Å². The molecule has 15 heteroatoms. The Balaban J connectivity index is 1.56. The number of aryl methyl sites for hydroxylation is 1. The van der Waals surface area contributed by atoms with Crippen molar-refractivity contribution in [3.8, 4) is 0 Å². The molecular weight excluding hydrogens is 595 g/mol. The first kappa shape index (κ1) is 30.5. The topological polar surface area (TPSA) is 138 Å². The molecule has 1 aromatic carbocycles. The molecule has 5 rings (SSSR count). The minimum absolute atomic E-state index is 0.0292. The molecule has 0 aliphatic carbocycles. The second-order valence-electron chi connectivity index (χ2n) is 11.4. The molecule has 2 fully saturated rings. The Kier molecular flexibility index (Phi) is 7.80. The van der Waals surface area contributed by atoms with Gasteiger partial charge in [0.2, 0.25) is 5.91 Å². The average molecular weight is 624 g/mol. The molecule has 3 unspecified atom stereocenters. The molecule has 4 heterocycles. The van der Waals surface area contributed by atoms with E-state index in [2.05, 4.69) is 15.3 Å². The number of carbonyl (C=O) groups excluding carboxylic acids is 2. The van der Waals surface area contributed by atoms with Crippen LogP contribution in [-0.2, 0) is 19.1 Å². The van der Waals surface area contributed by atoms with Crippen LogP contribution in [-0.4, -0.2) is 88.8 Å².